The van der Waals surface area contributed by atoms with E-state index in [0.717, 1.165) is 0 Å². The Hall–Kier alpha value is 0. The lowest BCUT2D eigenvalue weighted by molar-refractivity contribution is 0.226. The van der Waals surface area contributed by atoms with Gasteiger partial charge in [0.25, 0.3) is 0 Å². The highest BCUT2D eigenvalue weighted by molar-refractivity contribution is 4.74. The van der Waals surface area contributed by atoms with Crippen LogP contribution in [0.25, 0.3) is 0 Å². The van der Waals surface area contributed by atoms with Crippen LogP contribution in [0.2, 0.25) is 0 Å². The molecule has 0 aliphatic rings. The number of rotatable bonds is 13. The summed E-state index contributed by atoms with van der Waals surface area (Å²) in [6.07, 6.45) is 18.6. The molecule has 0 aromatic heterocycles. The summed E-state index contributed by atoms with van der Waals surface area (Å²) >= 11 is 0. The molecule has 0 aromatic carbocycles. The molecule has 0 N–H and O–H groups in total. The highest BCUT2D eigenvalue weighted by Gasteiger charge is 2.22. The lowest BCUT2D eigenvalue weighted by Crippen LogP contribution is -2.16. The molecule has 0 spiro atoms. The van der Waals surface area contributed by atoms with Crippen LogP contribution in [0.5, 0.6) is 0 Å². The van der Waals surface area contributed by atoms with Crippen molar-refractivity contribution in [2.75, 3.05) is 0 Å². The van der Waals surface area contributed by atoms with Gasteiger partial charge in [0.1, 0.15) is 0 Å². The Morgan fingerprint density at radius 3 is 1.39 bits per heavy atom. The van der Waals surface area contributed by atoms with E-state index < -0.39 is 0 Å². The van der Waals surface area contributed by atoms with E-state index in [2.05, 4.69) is 27.7 Å². The molecule has 0 aliphatic carbocycles. The summed E-state index contributed by atoms with van der Waals surface area (Å²) in [6, 6.07) is 0. The predicted molar refractivity (Wildman–Crippen MR) is 85.2 cm³/mol. The van der Waals surface area contributed by atoms with Gasteiger partial charge in [-0.05, 0) is 24.7 Å². The van der Waals surface area contributed by atoms with Crippen molar-refractivity contribution in [2.24, 2.45) is 5.41 Å². The van der Waals surface area contributed by atoms with Crippen molar-refractivity contribution in [3.05, 3.63) is 0 Å². The van der Waals surface area contributed by atoms with Crippen molar-refractivity contribution in [3.63, 3.8) is 0 Å². The first-order valence-corrected chi connectivity index (χ1v) is 8.68. The largest absolute Gasteiger partial charge is 0.0654 e. The Kier molecular flexibility index (Phi) is 12.1. The lowest BCUT2D eigenvalue weighted by Gasteiger charge is -2.30. The number of hydrogen-bond donors (Lipinski definition) is 0. The van der Waals surface area contributed by atoms with Crippen molar-refractivity contribution in [1.29, 1.82) is 0 Å². The summed E-state index contributed by atoms with van der Waals surface area (Å²) in [5.74, 6) is 0. The van der Waals surface area contributed by atoms with Crippen molar-refractivity contribution in [2.45, 2.75) is 111 Å². The van der Waals surface area contributed by atoms with Crippen LogP contribution in [0, 0.1) is 5.41 Å². The molecule has 0 saturated carbocycles. The Labute approximate surface area is 117 Å². The molecule has 110 valence electrons. The minimum absolute atomic E-state index is 0.650. The van der Waals surface area contributed by atoms with Crippen LogP contribution in [-0.2, 0) is 0 Å². The molecular formula is C18H38. The van der Waals surface area contributed by atoms with E-state index in [1.165, 1.54) is 83.5 Å². The fraction of sp³-hybridized carbons (Fsp3) is 1.00. The van der Waals surface area contributed by atoms with Gasteiger partial charge in [-0.15, -0.1) is 0 Å². The summed E-state index contributed by atoms with van der Waals surface area (Å²) in [4.78, 5) is 0. The van der Waals surface area contributed by atoms with Crippen molar-refractivity contribution in [1.82, 2.24) is 0 Å². The Morgan fingerprint density at radius 2 is 0.889 bits per heavy atom. The first-order chi connectivity index (χ1) is 8.68. The molecule has 0 heteroatoms. The molecule has 0 unspecified atom stereocenters. The fourth-order valence-corrected chi connectivity index (χ4v) is 2.91. The summed E-state index contributed by atoms with van der Waals surface area (Å²) in [5.41, 5.74) is 0.650. The zero-order valence-electron chi connectivity index (χ0n) is 13.7. The van der Waals surface area contributed by atoms with Crippen LogP contribution in [0.1, 0.15) is 111 Å². The predicted octanol–water partition coefficient (Wildman–Crippen LogP) is 7.12. The van der Waals surface area contributed by atoms with Gasteiger partial charge in [0, 0.05) is 0 Å². The van der Waals surface area contributed by atoms with E-state index in [1.807, 2.05) is 0 Å². The van der Waals surface area contributed by atoms with Crippen LogP contribution in [0.3, 0.4) is 0 Å². The van der Waals surface area contributed by atoms with Crippen LogP contribution in [0.15, 0.2) is 0 Å². The maximum Gasteiger partial charge on any atom is -0.0326 e. The molecule has 0 fully saturated rings. The SMILES string of the molecule is CCCCCCCCC(C)(CCCC)CCCC. The third-order valence-electron chi connectivity index (χ3n) is 4.40. The molecule has 0 aromatic rings. The highest BCUT2D eigenvalue weighted by Crippen LogP contribution is 2.36. The molecule has 0 rings (SSSR count). The Morgan fingerprint density at radius 1 is 0.500 bits per heavy atom. The molecule has 0 amide bonds. The van der Waals surface area contributed by atoms with Gasteiger partial charge < -0.3 is 0 Å². The van der Waals surface area contributed by atoms with Crippen molar-refractivity contribution in [3.8, 4) is 0 Å². The van der Waals surface area contributed by atoms with Gasteiger partial charge in [-0.2, -0.15) is 0 Å². The minimum Gasteiger partial charge on any atom is -0.0654 e. The van der Waals surface area contributed by atoms with E-state index in [9.17, 15) is 0 Å². The summed E-state index contributed by atoms with van der Waals surface area (Å²) in [5, 5.41) is 0. The molecule has 0 bridgehead atoms. The van der Waals surface area contributed by atoms with Gasteiger partial charge in [-0.25, -0.2) is 0 Å². The lowest BCUT2D eigenvalue weighted by atomic mass is 9.76. The minimum atomic E-state index is 0.650. The van der Waals surface area contributed by atoms with E-state index in [4.69, 9.17) is 0 Å². The average Bonchev–Trinajstić information content (AvgIpc) is 2.38. The smallest absolute Gasteiger partial charge is 0.0326 e. The highest BCUT2D eigenvalue weighted by atomic mass is 14.3. The fourth-order valence-electron chi connectivity index (χ4n) is 2.91. The molecule has 18 heavy (non-hydrogen) atoms. The first kappa shape index (κ1) is 18.0. The van der Waals surface area contributed by atoms with Crippen LogP contribution in [-0.4, -0.2) is 0 Å². The molecule has 0 saturated heterocycles. The van der Waals surface area contributed by atoms with Gasteiger partial charge in [0.15, 0.2) is 0 Å². The van der Waals surface area contributed by atoms with Gasteiger partial charge in [0.05, 0.1) is 0 Å². The second kappa shape index (κ2) is 12.1. The Balaban J connectivity index is 3.77. The van der Waals surface area contributed by atoms with E-state index >= 15 is 0 Å². The second-order valence-corrected chi connectivity index (χ2v) is 6.54. The van der Waals surface area contributed by atoms with Gasteiger partial charge in [-0.1, -0.05) is 91.9 Å². The summed E-state index contributed by atoms with van der Waals surface area (Å²) in [6.45, 7) is 9.49. The van der Waals surface area contributed by atoms with Crippen molar-refractivity contribution < 1.29 is 0 Å². The first-order valence-electron chi connectivity index (χ1n) is 8.68. The van der Waals surface area contributed by atoms with E-state index in [1.54, 1.807) is 0 Å². The average molecular weight is 255 g/mol. The van der Waals surface area contributed by atoms with Crippen LogP contribution < -0.4 is 0 Å². The molecule has 0 atom stereocenters. The summed E-state index contributed by atoms with van der Waals surface area (Å²) in [7, 11) is 0. The summed E-state index contributed by atoms with van der Waals surface area (Å²) < 4.78 is 0. The number of unbranched alkanes of at least 4 members (excludes halogenated alkanes) is 7. The maximum atomic E-state index is 2.55. The quantitative estimate of drug-likeness (QED) is 0.307. The molecule has 0 heterocycles. The second-order valence-electron chi connectivity index (χ2n) is 6.54. The van der Waals surface area contributed by atoms with Gasteiger partial charge in [-0.3, -0.25) is 0 Å². The van der Waals surface area contributed by atoms with E-state index in [0.29, 0.717) is 5.41 Å². The van der Waals surface area contributed by atoms with Crippen molar-refractivity contribution >= 4 is 0 Å². The maximum absolute atomic E-state index is 2.55. The van der Waals surface area contributed by atoms with Gasteiger partial charge in [0.2, 0.25) is 0 Å². The Bertz CT molecular complexity index is 151. The third-order valence-corrected chi connectivity index (χ3v) is 4.40. The van der Waals surface area contributed by atoms with Crippen LogP contribution in [0.4, 0.5) is 0 Å². The topological polar surface area (TPSA) is 0 Å². The normalized spacial score (nSPS) is 12.0. The van der Waals surface area contributed by atoms with E-state index in [-0.39, 0.29) is 0 Å². The van der Waals surface area contributed by atoms with Gasteiger partial charge >= 0.3 is 0 Å². The zero-order valence-corrected chi connectivity index (χ0v) is 13.7. The standard InChI is InChI=1S/C18H38/c1-5-8-11-12-13-14-17-18(4,15-9-6-2)16-10-7-3/h5-17H2,1-4H3. The monoisotopic (exact) mass is 254 g/mol. The molecule has 0 aliphatic heterocycles. The number of hydrogen-bond acceptors (Lipinski definition) is 0. The molecule has 0 nitrogen and oxygen atoms in total. The zero-order chi connectivity index (χ0) is 13.7. The molecule has 0 radical (unpaired) electrons. The van der Waals surface area contributed by atoms with Crippen LogP contribution >= 0.6 is 0 Å². The molecular weight excluding hydrogens is 216 g/mol. The third kappa shape index (κ3) is 9.97.